The van der Waals surface area contributed by atoms with Gasteiger partial charge >= 0.3 is 6.09 Å². The van der Waals surface area contributed by atoms with Crippen LogP contribution in [0.4, 0.5) is 9.80 Å². The molecule has 1 aliphatic rings. The van der Waals surface area contributed by atoms with Crippen LogP contribution in [0.1, 0.15) is 39.3 Å². The Bertz CT molecular complexity index is 1160. The third-order valence-corrected chi connectivity index (χ3v) is 6.66. The van der Waals surface area contributed by atoms with Crippen molar-refractivity contribution < 1.29 is 19.5 Å². The van der Waals surface area contributed by atoms with Crippen LogP contribution >= 0.6 is 11.3 Å². The zero-order valence-electron chi connectivity index (χ0n) is 17.7. The Hall–Kier alpha value is -3.79. The predicted octanol–water partition coefficient (Wildman–Crippen LogP) is 3.49. The van der Waals surface area contributed by atoms with Crippen molar-refractivity contribution in [2.45, 2.75) is 19.3 Å². The second-order valence-electron chi connectivity index (χ2n) is 7.87. The molecule has 1 fully saturated rings. The molecule has 1 aromatic carbocycles. The minimum atomic E-state index is -0.864. The molecule has 0 spiro atoms. The number of primary amides is 1. The molecule has 0 bridgehead atoms. The van der Waals surface area contributed by atoms with Crippen molar-refractivity contribution in [2.75, 3.05) is 18.4 Å². The van der Waals surface area contributed by atoms with Crippen LogP contribution < -0.4 is 11.1 Å². The maximum Gasteiger partial charge on any atom is 0.407 e. The molecule has 1 aliphatic heterocycles. The number of nitrogens with zero attached hydrogens (tertiary/aromatic N) is 3. The van der Waals surface area contributed by atoms with Crippen molar-refractivity contribution in [3.63, 3.8) is 0 Å². The minimum Gasteiger partial charge on any atom is -0.465 e. The molecule has 1 saturated heterocycles. The average Bonchev–Trinajstić information content (AvgIpc) is 3.24. The number of nitrogens with two attached hydrogens (primary N) is 1. The zero-order valence-corrected chi connectivity index (χ0v) is 18.5. The summed E-state index contributed by atoms with van der Waals surface area (Å²) in [7, 11) is 0. The highest BCUT2D eigenvalue weighted by Crippen LogP contribution is 2.32. The largest absolute Gasteiger partial charge is 0.465 e. The van der Waals surface area contributed by atoms with Crippen molar-refractivity contribution in [1.29, 1.82) is 0 Å². The van der Waals surface area contributed by atoms with Gasteiger partial charge in [-0.1, -0.05) is 23.5 Å². The number of hydrogen-bond donors (Lipinski definition) is 3. The van der Waals surface area contributed by atoms with E-state index in [9.17, 15) is 14.4 Å². The number of piperidine rings is 1. The van der Waals surface area contributed by atoms with Gasteiger partial charge in [-0.05, 0) is 55.0 Å². The van der Waals surface area contributed by atoms with Crippen LogP contribution in [-0.2, 0) is 6.42 Å². The van der Waals surface area contributed by atoms with Crippen molar-refractivity contribution in [3.8, 4) is 10.6 Å². The fourth-order valence-electron chi connectivity index (χ4n) is 3.82. The summed E-state index contributed by atoms with van der Waals surface area (Å²) in [6.07, 6.45) is 4.87. The van der Waals surface area contributed by atoms with E-state index in [1.165, 1.54) is 16.2 Å². The van der Waals surface area contributed by atoms with Crippen LogP contribution in [0.2, 0.25) is 0 Å². The molecule has 2 aromatic heterocycles. The zero-order chi connectivity index (χ0) is 23.4. The van der Waals surface area contributed by atoms with E-state index in [2.05, 4.69) is 15.3 Å². The highest BCUT2D eigenvalue weighted by atomic mass is 32.1. The standard InChI is InChI=1S/C23H23N5O4S/c24-19(29)18-22(33-21(26-18)17-5-9-25-10-6-17)27-20(30)16-3-1-14(2-4-16)13-15-7-11-28(12-8-15)23(31)32/h1-6,9-10,15H,7-8,11-13H2,(H2,24,29)(H,27,30)(H,31,32). The Balaban J connectivity index is 1.41. The molecule has 170 valence electrons. The van der Waals surface area contributed by atoms with Crippen LogP contribution in [0.25, 0.3) is 10.6 Å². The van der Waals surface area contributed by atoms with E-state index < -0.39 is 12.0 Å². The number of hydrogen-bond acceptors (Lipinski definition) is 6. The van der Waals surface area contributed by atoms with Crippen molar-refractivity contribution in [1.82, 2.24) is 14.9 Å². The Morgan fingerprint density at radius 1 is 1.09 bits per heavy atom. The number of rotatable bonds is 6. The quantitative estimate of drug-likeness (QED) is 0.509. The molecular weight excluding hydrogens is 442 g/mol. The number of carboxylic acid groups (broad SMARTS) is 1. The lowest BCUT2D eigenvalue weighted by atomic mass is 9.90. The molecule has 9 nitrogen and oxygen atoms in total. The van der Waals surface area contributed by atoms with Crippen LogP contribution in [0, 0.1) is 5.92 Å². The second-order valence-corrected chi connectivity index (χ2v) is 8.86. The molecule has 0 radical (unpaired) electrons. The third-order valence-electron chi connectivity index (χ3n) is 5.64. The molecule has 3 aromatic rings. The number of benzene rings is 1. The van der Waals surface area contributed by atoms with Gasteiger partial charge in [-0.15, -0.1) is 0 Å². The number of carbonyl (C=O) groups excluding carboxylic acids is 2. The van der Waals surface area contributed by atoms with Gasteiger partial charge < -0.3 is 21.1 Å². The first-order valence-electron chi connectivity index (χ1n) is 10.5. The van der Waals surface area contributed by atoms with E-state index in [0.717, 1.165) is 30.4 Å². The number of amides is 3. The third kappa shape index (κ3) is 5.35. The van der Waals surface area contributed by atoms with Gasteiger partial charge in [-0.25, -0.2) is 9.78 Å². The van der Waals surface area contributed by atoms with Crippen LogP contribution in [-0.4, -0.2) is 51.0 Å². The molecule has 4 N–H and O–H groups in total. The highest BCUT2D eigenvalue weighted by molar-refractivity contribution is 7.19. The first kappa shape index (κ1) is 22.4. The van der Waals surface area contributed by atoms with Gasteiger partial charge in [0, 0.05) is 36.6 Å². The van der Waals surface area contributed by atoms with Gasteiger partial charge in [0.25, 0.3) is 11.8 Å². The normalized spacial score (nSPS) is 14.1. The van der Waals surface area contributed by atoms with E-state index in [4.69, 9.17) is 10.8 Å². The van der Waals surface area contributed by atoms with Gasteiger partial charge in [0.05, 0.1) is 0 Å². The molecule has 0 saturated carbocycles. The summed E-state index contributed by atoms with van der Waals surface area (Å²) in [6.45, 7) is 1.11. The fraction of sp³-hybridized carbons (Fsp3) is 0.261. The van der Waals surface area contributed by atoms with E-state index in [-0.39, 0.29) is 11.6 Å². The summed E-state index contributed by atoms with van der Waals surface area (Å²) < 4.78 is 0. The summed E-state index contributed by atoms with van der Waals surface area (Å²) in [4.78, 5) is 45.4. The number of aromatic nitrogens is 2. The Kier molecular flexibility index (Phi) is 6.64. The SMILES string of the molecule is NC(=O)c1nc(-c2ccncc2)sc1NC(=O)c1ccc(CC2CCN(C(=O)O)CC2)cc1. The Labute approximate surface area is 194 Å². The first-order chi connectivity index (χ1) is 15.9. The van der Waals surface area contributed by atoms with E-state index in [1.54, 1.807) is 36.7 Å². The number of carbonyl (C=O) groups is 3. The van der Waals surface area contributed by atoms with Crippen molar-refractivity contribution >= 4 is 34.2 Å². The number of thiazole rings is 1. The van der Waals surface area contributed by atoms with Gasteiger partial charge in [-0.3, -0.25) is 14.6 Å². The molecule has 3 heterocycles. The lowest BCUT2D eigenvalue weighted by Crippen LogP contribution is -2.37. The van der Waals surface area contributed by atoms with Crippen LogP contribution in [0.3, 0.4) is 0 Å². The maximum atomic E-state index is 12.8. The Morgan fingerprint density at radius 2 is 1.76 bits per heavy atom. The molecule has 3 amide bonds. The van der Waals surface area contributed by atoms with E-state index >= 15 is 0 Å². The lowest BCUT2D eigenvalue weighted by molar-refractivity contribution is 0.0997. The Morgan fingerprint density at radius 3 is 2.36 bits per heavy atom. The summed E-state index contributed by atoms with van der Waals surface area (Å²) >= 11 is 1.18. The molecule has 33 heavy (non-hydrogen) atoms. The highest BCUT2D eigenvalue weighted by Gasteiger charge is 2.23. The van der Waals surface area contributed by atoms with Gasteiger partial charge in [0.2, 0.25) is 0 Å². The summed E-state index contributed by atoms with van der Waals surface area (Å²) in [6, 6.07) is 10.8. The topological polar surface area (TPSA) is 139 Å². The summed E-state index contributed by atoms with van der Waals surface area (Å²) in [5, 5.41) is 12.7. The molecule has 0 aliphatic carbocycles. The fourth-order valence-corrected chi connectivity index (χ4v) is 4.79. The maximum absolute atomic E-state index is 12.8. The predicted molar refractivity (Wildman–Crippen MR) is 124 cm³/mol. The number of likely N-dealkylation sites (tertiary alicyclic amines) is 1. The number of anilines is 1. The lowest BCUT2D eigenvalue weighted by Gasteiger charge is -2.30. The number of pyridine rings is 1. The van der Waals surface area contributed by atoms with Crippen molar-refractivity contribution in [2.24, 2.45) is 11.7 Å². The van der Waals surface area contributed by atoms with Gasteiger partial charge in [0.15, 0.2) is 5.69 Å². The summed E-state index contributed by atoms with van der Waals surface area (Å²) in [5.74, 6) is -0.655. The smallest absolute Gasteiger partial charge is 0.407 e. The molecule has 0 atom stereocenters. The van der Waals surface area contributed by atoms with Gasteiger partial charge in [0.1, 0.15) is 10.0 Å². The van der Waals surface area contributed by atoms with Gasteiger partial charge in [-0.2, -0.15) is 0 Å². The van der Waals surface area contributed by atoms with Crippen molar-refractivity contribution in [3.05, 3.63) is 65.6 Å². The number of nitrogens with one attached hydrogen (secondary N) is 1. The molecule has 10 heteroatoms. The van der Waals surface area contributed by atoms with Crippen LogP contribution in [0.15, 0.2) is 48.8 Å². The minimum absolute atomic E-state index is 0.0180. The molecule has 0 unspecified atom stereocenters. The molecule has 4 rings (SSSR count). The van der Waals surface area contributed by atoms with E-state index in [0.29, 0.717) is 34.6 Å². The van der Waals surface area contributed by atoms with E-state index in [1.807, 2.05) is 12.1 Å². The van der Waals surface area contributed by atoms with Crippen LogP contribution in [0.5, 0.6) is 0 Å². The first-order valence-corrected chi connectivity index (χ1v) is 11.3. The second kappa shape index (κ2) is 9.78. The average molecular weight is 466 g/mol. The molecular formula is C23H23N5O4S. The summed E-state index contributed by atoms with van der Waals surface area (Å²) in [5.41, 5.74) is 7.80. The monoisotopic (exact) mass is 465 g/mol.